The molecule has 116 valence electrons. The van der Waals surface area contributed by atoms with Crippen molar-refractivity contribution in [1.29, 1.82) is 0 Å². The Morgan fingerprint density at radius 1 is 1.40 bits per heavy atom. The third kappa shape index (κ3) is 5.77. The van der Waals surface area contributed by atoms with Gasteiger partial charge in [0.1, 0.15) is 0 Å². The van der Waals surface area contributed by atoms with Crippen molar-refractivity contribution in [2.24, 2.45) is 5.92 Å². The van der Waals surface area contributed by atoms with E-state index in [1.165, 1.54) is 0 Å². The molecule has 0 aromatic carbocycles. The van der Waals surface area contributed by atoms with Crippen LogP contribution in [0.2, 0.25) is 0 Å². The summed E-state index contributed by atoms with van der Waals surface area (Å²) in [5.41, 5.74) is 1.14. The van der Waals surface area contributed by atoms with Crippen LogP contribution in [0.25, 0.3) is 0 Å². The minimum Gasteiger partial charge on any atom is -0.383 e. The molecule has 0 aliphatic rings. The molecule has 4 nitrogen and oxygen atoms in total. The minimum atomic E-state index is 0.322. The molecule has 1 unspecified atom stereocenters. The van der Waals surface area contributed by atoms with Crippen LogP contribution in [-0.2, 0) is 4.74 Å². The Bertz CT molecular complexity index is 368. The lowest BCUT2D eigenvalue weighted by Crippen LogP contribution is -2.31. The van der Waals surface area contributed by atoms with Crippen molar-refractivity contribution in [3.63, 3.8) is 0 Å². The van der Waals surface area contributed by atoms with E-state index >= 15 is 0 Å². The quantitative estimate of drug-likeness (QED) is 0.719. The minimum absolute atomic E-state index is 0.322. The molecule has 20 heavy (non-hydrogen) atoms. The number of aromatic nitrogens is 1. The van der Waals surface area contributed by atoms with Crippen molar-refractivity contribution < 1.29 is 4.74 Å². The molecule has 1 heterocycles. The smallest absolute Gasteiger partial charge is 0.185 e. The highest BCUT2D eigenvalue weighted by Crippen LogP contribution is 2.24. The predicted molar refractivity (Wildman–Crippen MR) is 87.7 cm³/mol. The maximum absolute atomic E-state index is 5.21. The highest BCUT2D eigenvalue weighted by Gasteiger charge is 2.15. The number of anilines is 1. The predicted octanol–water partition coefficient (Wildman–Crippen LogP) is 3.31. The summed E-state index contributed by atoms with van der Waals surface area (Å²) in [6.45, 7) is 12.5. The Labute approximate surface area is 127 Å². The molecule has 0 fully saturated rings. The Balaban J connectivity index is 2.68. The Hall–Kier alpha value is -0.650. The van der Waals surface area contributed by atoms with Crippen LogP contribution in [0.5, 0.6) is 0 Å². The second kappa shape index (κ2) is 9.32. The van der Waals surface area contributed by atoms with Gasteiger partial charge in [-0.25, -0.2) is 4.98 Å². The molecule has 5 heteroatoms. The van der Waals surface area contributed by atoms with Crippen molar-refractivity contribution >= 4 is 16.5 Å². The van der Waals surface area contributed by atoms with E-state index in [2.05, 4.69) is 43.3 Å². The molecule has 0 aliphatic carbocycles. The maximum Gasteiger partial charge on any atom is 0.185 e. The second-order valence-corrected chi connectivity index (χ2v) is 6.40. The van der Waals surface area contributed by atoms with Gasteiger partial charge in [-0.05, 0) is 25.8 Å². The number of hydrogen-bond donors (Lipinski definition) is 1. The summed E-state index contributed by atoms with van der Waals surface area (Å²) in [5, 5.41) is 6.76. The average Bonchev–Trinajstić information content (AvgIpc) is 2.90. The van der Waals surface area contributed by atoms with E-state index in [0.29, 0.717) is 12.0 Å². The summed E-state index contributed by atoms with van der Waals surface area (Å²) in [7, 11) is 1.75. The second-order valence-electron chi connectivity index (χ2n) is 5.56. The fraction of sp³-hybridized carbons (Fsp3) is 0.800. The van der Waals surface area contributed by atoms with Gasteiger partial charge in [-0.1, -0.05) is 20.8 Å². The molecule has 0 saturated heterocycles. The summed E-state index contributed by atoms with van der Waals surface area (Å²) in [6, 6.07) is 0.322. The van der Waals surface area contributed by atoms with Crippen LogP contribution in [-0.4, -0.2) is 38.3 Å². The van der Waals surface area contributed by atoms with Gasteiger partial charge in [0.15, 0.2) is 5.13 Å². The van der Waals surface area contributed by atoms with Crippen LogP contribution >= 0.6 is 11.3 Å². The fourth-order valence-corrected chi connectivity index (χ4v) is 2.95. The van der Waals surface area contributed by atoms with E-state index in [4.69, 9.17) is 9.72 Å². The zero-order chi connectivity index (χ0) is 15.0. The number of nitrogens with zero attached hydrogens (tertiary/aromatic N) is 2. The van der Waals surface area contributed by atoms with E-state index in [9.17, 15) is 0 Å². The molecule has 0 bridgehead atoms. The third-order valence-electron chi connectivity index (χ3n) is 3.08. The van der Waals surface area contributed by atoms with Crippen LogP contribution < -0.4 is 10.2 Å². The van der Waals surface area contributed by atoms with Crippen molar-refractivity contribution in [1.82, 2.24) is 10.3 Å². The van der Waals surface area contributed by atoms with E-state index in [0.717, 1.165) is 43.5 Å². The van der Waals surface area contributed by atoms with Crippen LogP contribution in [0.15, 0.2) is 5.38 Å². The van der Waals surface area contributed by atoms with Crippen molar-refractivity contribution in [3.8, 4) is 0 Å². The highest BCUT2D eigenvalue weighted by atomic mass is 32.1. The average molecular weight is 299 g/mol. The van der Waals surface area contributed by atoms with Crippen LogP contribution in [0, 0.1) is 5.92 Å². The summed E-state index contributed by atoms with van der Waals surface area (Å²) in [4.78, 5) is 7.12. The summed E-state index contributed by atoms with van der Waals surface area (Å²) in [5.74, 6) is 0.620. The first kappa shape index (κ1) is 17.4. The molecule has 1 aromatic heterocycles. The monoisotopic (exact) mass is 299 g/mol. The van der Waals surface area contributed by atoms with Gasteiger partial charge in [0, 0.05) is 31.6 Å². The lowest BCUT2D eigenvalue weighted by Gasteiger charge is -2.23. The van der Waals surface area contributed by atoms with Gasteiger partial charge in [0.05, 0.1) is 12.3 Å². The first-order chi connectivity index (χ1) is 9.58. The number of thiazole rings is 1. The van der Waals surface area contributed by atoms with Crippen molar-refractivity contribution in [2.75, 3.05) is 38.3 Å². The molecule has 1 aromatic rings. The van der Waals surface area contributed by atoms with E-state index in [1.54, 1.807) is 18.4 Å². The van der Waals surface area contributed by atoms with Gasteiger partial charge in [-0.3, -0.25) is 0 Å². The van der Waals surface area contributed by atoms with Crippen LogP contribution in [0.3, 0.4) is 0 Å². The molecule has 0 saturated carbocycles. The molecule has 0 spiro atoms. The summed E-state index contributed by atoms with van der Waals surface area (Å²) in [6.07, 6.45) is 1.15. The molecule has 1 atom stereocenters. The maximum atomic E-state index is 5.21. The Morgan fingerprint density at radius 2 is 2.15 bits per heavy atom. The largest absolute Gasteiger partial charge is 0.383 e. The number of ether oxygens (including phenoxy) is 1. The number of methoxy groups -OCH3 is 1. The van der Waals surface area contributed by atoms with Gasteiger partial charge in [-0.2, -0.15) is 0 Å². The molecule has 1 rings (SSSR count). The van der Waals surface area contributed by atoms with E-state index < -0.39 is 0 Å². The molecule has 1 N–H and O–H groups in total. The molecule has 0 aliphatic heterocycles. The van der Waals surface area contributed by atoms with Gasteiger partial charge in [-0.15, -0.1) is 11.3 Å². The lowest BCUT2D eigenvalue weighted by molar-refractivity contribution is 0.204. The summed E-state index contributed by atoms with van der Waals surface area (Å²) >= 11 is 1.73. The zero-order valence-corrected chi connectivity index (χ0v) is 14.3. The first-order valence-electron chi connectivity index (χ1n) is 7.51. The highest BCUT2D eigenvalue weighted by molar-refractivity contribution is 7.13. The topological polar surface area (TPSA) is 37.4 Å². The van der Waals surface area contributed by atoms with Crippen molar-refractivity contribution in [3.05, 3.63) is 11.1 Å². The van der Waals surface area contributed by atoms with Crippen molar-refractivity contribution in [2.45, 2.75) is 40.2 Å². The fourth-order valence-electron chi connectivity index (χ4n) is 1.99. The van der Waals surface area contributed by atoms with E-state index in [-0.39, 0.29) is 0 Å². The number of rotatable bonds is 10. The third-order valence-corrected chi connectivity index (χ3v) is 4.00. The van der Waals surface area contributed by atoms with Crippen LogP contribution in [0.4, 0.5) is 5.13 Å². The van der Waals surface area contributed by atoms with Gasteiger partial charge >= 0.3 is 0 Å². The summed E-state index contributed by atoms with van der Waals surface area (Å²) < 4.78 is 5.21. The molecular weight excluding hydrogens is 270 g/mol. The van der Waals surface area contributed by atoms with Crippen LogP contribution in [0.1, 0.15) is 45.9 Å². The van der Waals surface area contributed by atoms with Gasteiger partial charge in [0.2, 0.25) is 0 Å². The molecule has 0 amide bonds. The van der Waals surface area contributed by atoms with Gasteiger partial charge < -0.3 is 15.0 Å². The normalized spacial score (nSPS) is 12.9. The Kier molecular flexibility index (Phi) is 8.11. The number of hydrogen-bond acceptors (Lipinski definition) is 5. The Morgan fingerprint density at radius 3 is 2.75 bits per heavy atom. The molecule has 0 radical (unpaired) electrons. The SMILES string of the molecule is CCCNC(C)c1csc(N(CCOC)CC(C)C)n1. The molecular formula is C15H29N3OS. The van der Waals surface area contributed by atoms with E-state index in [1.807, 2.05) is 0 Å². The van der Waals surface area contributed by atoms with Gasteiger partial charge in [0.25, 0.3) is 0 Å². The first-order valence-corrected chi connectivity index (χ1v) is 8.39. The lowest BCUT2D eigenvalue weighted by atomic mass is 10.2. The standard InChI is InChI=1S/C15H29N3OS/c1-6-7-16-13(4)14-11-20-15(17-14)18(8-9-19-5)10-12(2)3/h11-13,16H,6-10H2,1-5H3. The zero-order valence-electron chi connectivity index (χ0n) is 13.5. The number of nitrogens with one attached hydrogen (secondary N) is 1.